The Morgan fingerprint density at radius 2 is 1.83 bits per heavy atom. The average Bonchev–Trinajstić information content (AvgIpc) is 2.65. The van der Waals surface area contributed by atoms with Crippen molar-refractivity contribution >= 4 is 52.8 Å². The molecule has 7 nitrogen and oxygen atoms in total. The maximum atomic E-state index is 12.9. The molecule has 0 unspecified atom stereocenters. The van der Waals surface area contributed by atoms with Gasteiger partial charge in [-0.25, -0.2) is 9.69 Å². The lowest BCUT2D eigenvalue weighted by Crippen LogP contribution is -2.54. The summed E-state index contributed by atoms with van der Waals surface area (Å²) in [6.07, 6.45) is 2.00. The third kappa shape index (κ3) is 4.36. The van der Waals surface area contributed by atoms with Crippen LogP contribution in [0.1, 0.15) is 18.9 Å². The summed E-state index contributed by atoms with van der Waals surface area (Å²) >= 11 is 12.3. The SMILES string of the molecule is CCCOc1c(Cl)cc(Cl)cc1/C=C1\C(=O)NC(=O)N(c2ccc(O)cc2)C1=O. The number of benzene rings is 2. The van der Waals surface area contributed by atoms with Crippen molar-refractivity contribution in [3.63, 3.8) is 0 Å². The number of hydrogen-bond donors (Lipinski definition) is 2. The topological polar surface area (TPSA) is 95.9 Å². The van der Waals surface area contributed by atoms with Crippen LogP contribution >= 0.6 is 23.2 Å². The lowest BCUT2D eigenvalue weighted by atomic mass is 10.1. The van der Waals surface area contributed by atoms with Gasteiger partial charge in [0.05, 0.1) is 17.3 Å². The van der Waals surface area contributed by atoms with E-state index in [1.807, 2.05) is 6.92 Å². The minimum Gasteiger partial charge on any atom is -0.508 e. The predicted molar refractivity (Wildman–Crippen MR) is 109 cm³/mol. The zero-order valence-electron chi connectivity index (χ0n) is 15.2. The molecule has 3 rings (SSSR count). The fourth-order valence-corrected chi connectivity index (χ4v) is 3.26. The molecule has 0 atom stereocenters. The van der Waals surface area contributed by atoms with E-state index in [9.17, 15) is 19.5 Å². The Balaban J connectivity index is 2.06. The summed E-state index contributed by atoms with van der Waals surface area (Å²) < 4.78 is 5.64. The van der Waals surface area contributed by atoms with Gasteiger partial charge in [-0.15, -0.1) is 0 Å². The second kappa shape index (κ2) is 8.55. The number of imide groups is 2. The van der Waals surface area contributed by atoms with Gasteiger partial charge in [-0.2, -0.15) is 0 Å². The standard InChI is InChI=1S/C20H16Cl2N2O5/c1-2-7-29-17-11(8-12(21)10-16(17)22)9-15-18(26)23-20(28)24(19(15)27)13-3-5-14(25)6-4-13/h3-6,8-10,25H,2,7H2,1H3,(H,23,26,28)/b15-9+. The van der Waals surface area contributed by atoms with Gasteiger partial charge in [0.1, 0.15) is 17.1 Å². The van der Waals surface area contributed by atoms with Crippen LogP contribution in [0.2, 0.25) is 10.0 Å². The first-order valence-electron chi connectivity index (χ1n) is 8.64. The van der Waals surface area contributed by atoms with Gasteiger partial charge in [-0.05, 0) is 48.9 Å². The number of phenolic OH excluding ortho intramolecular Hbond substituents is 1. The summed E-state index contributed by atoms with van der Waals surface area (Å²) in [5, 5.41) is 12.1. The fraction of sp³-hybridized carbons (Fsp3) is 0.150. The zero-order chi connectivity index (χ0) is 21.1. The average molecular weight is 435 g/mol. The normalized spacial score (nSPS) is 15.6. The number of rotatable bonds is 5. The van der Waals surface area contributed by atoms with Crippen LogP contribution in [0.5, 0.6) is 11.5 Å². The van der Waals surface area contributed by atoms with Gasteiger partial charge in [-0.3, -0.25) is 14.9 Å². The van der Waals surface area contributed by atoms with Crippen LogP contribution in [-0.2, 0) is 9.59 Å². The number of anilines is 1. The van der Waals surface area contributed by atoms with Crippen LogP contribution in [0.15, 0.2) is 42.0 Å². The summed E-state index contributed by atoms with van der Waals surface area (Å²) in [4.78, 5) is 38.3. The summed E-state index contributed by atoms with van der Waals surface area (Å²) in [6, 6.07) is 7.51. The highest BCUT2D eigenvalue weighted by Gasteiger charge is 2.37. The molecule has 2 aromatic rings. The Morgan fingerprint density at radius 3 is 2.48 bits per heavy atom. The maximum absolute atomic E-state index is 12.9. The van der Waals surface area contributed by atoms with Crippen LogP contribution in [0.4, 0.5) is 10.5 Å². The molecule has 0 spiro atoms. The molecule has 0 bridgehead atoms. The molecule has 2 aromatic carbocycles. The number of amides is 4. The van der Waals surface area contributed by atoms with Crippen molar-refractivity contribution < 1.29 is 24.2 Å². The lowest BCUT2D eigenvalue weighted by molar-refractivity contribution is -0.122. The Bertz CT molecular complexity index is 1020. The van der Waals surface area contributed by atoms with Crippen LogP contribution in [-0.4, -0.2) is 29.6 Å². The lowest BCUT2D eigenvalue weighted by Gasteiger charge is -2.26. The molecule has 1 heterocycles. The Labute approximate surface area is 176 Å². The third-order valence-electron chi connectivity index (χ3n) is 4.00. The highest BCUT2D eigenvalue weighted by Crippen LogP contribution is 2.35. The molecule has 1 fully saturated rings. The summed E-state index contributed by atoms with van der Waals surface area (Å²) in [7, 11) is 0. The van der Waals surface area contributed by atoms with Gasteiger partial charge in [0.25, 0.3) is 11.8 Å². The minimum absolute atomic E-state index is 0.0308. The Morgan fingerprint density at radius 1 is 1.14 bits per heavy atom. The van der Waals surface area contributed by atoms with E-state index in [1.165, 1.54) is 42.5 Å². The van der Waals surface area contributed by atoms with E-state index in [4.69, 9.17) is 27.9 Å². The number of hydrogen-bond acceptors (Lipinski definition) is 5. The van der Waals surface area contributed by atoms with E-state index < -0.39 is 17.8 Å². The van der Waals surface area contributed by atoms with Crippen LogP contribution in [0, 0.1) is 0 Å². The first-order valence-corrected chi connectivity index (χ1v) is 9.39. The van der Waals surface area contributed by atoms with Crippen molar-refractivity contribution in [1.82, 2.24) is 5.32 Å². The Kier molecular flexibility index (Phi) is 6.10. The zero-order valence-corrected chi connectivity index (χ0v) is 16.8. The number of nitrogens with zero attached hydrogens (tertiary/aromatic N) is 1. The third-order valence-corrected chi connectivity index (χ3v) is 4.50. The van der Waals surface area contributed by atoms with Gasteiger partial charge in [0, 0.05) is 10.6 Å². The highest BCUT2D eigenvalue weighted by atomic mass is 35.5. The molecule has 0 aromatic heterocycles. The molecule has 4 amide bonds. The second-order valence-electron chi connectivity index (χ2n) is 6.13. The molecule has 1 aliphatic rings. The molecular weight excluding hydrogens is 419 g/mol. The molecule has 29 heavy (non-hydrogen) atoms. The van der Waals surface area contributed by atoms with Gasteiger partial charge in [-0.1, -0.05) is 30.1 Å². The second-order valence-corrected chi connectivity index (χ2v) is 6.97. The number of carbonyl (C=O) groups excluding carboxylic acids is 3. The van der Waals surface area contributed by atoms with Crippen LogP contribution < -0.4 is 15.0 Å². The molecule has 9 heteroatoms. The predicted octanol–water partition coefficient (Wildman–Crippen LogP) is 4.15. The van der Waals surface area contributed by atoms with E-state index in [0.29, 0.717) is 17.2 Å². The van der Waals surface area contributed by atoms with Crippen LogP contribution in [0.3, 0.4) is 0 Å². The van der Waals surface area contributed by atoms with Crippen molar-refractivity contribution in [3.05, 3.63) is 57.6 Å². The number of phenols is 1. The molecular formula is C20H16Cl2N2O5. The summed E-state index contributed by atoms with van der Waals surface area (Å²) in [5.41, 5.74) is 0.224. The quantitative estimate of drug-likeness (QED) is 0.544. The number of urea groups is 1. The summed E-state index contributed by atoms with van der Waals surface area (Å²) in [6.45, 7) is 2.29. The van der Waals surface area contributed by atoms with Gasteiger partial charge >= 0.3 is 6.03 Å². The molecule has 1 aliphatic heterocycles. The van der Waals surface area contributed by atoms with Crippen LogP contribution in [0.25, 0.3) is 6.08 Å². The smallest absolute Gasteiger partial charge is 0.335 e. The van der Waals surface area contributed by atoms with Gasteiger partial charge in [0.2, 0.25) is 0 Å². The van der Waals surface area contributed by atoms with Gasteiger partial charge < -0.3 is 9.84 Å². The van der Waals surface area contributed by atoms with E-state index in [2.05, 4.69) is 5.32 Å². The van der Waals surface area contributed by atoms with E-state index in [1.54, 1.807) is 0 Å². The Hall–Kier alpha value is -3.03. The summed E-state index contributed by atoms with van der Waals surface area (Å²) in [5.74, 6) is -1.44. The highest BCUT2D eigenvalue weighted by molar-refractivity contribution is 6.40. The van der Waals surface area contributed by atoms with E-state index >= 15 is 0 Å². The van der Waals surface area contributed by atoms with Crippen molar-refractivity contribution in [2.75, 3.05) is 11.5 Å². The molecule has 2 N–H and O–H groups in total. The minimum atomic E-state index is -0.894. The molecule has 0 aliphatic carbocycles. The molecule has 0 saturated carbocycles. The number of carbonyl (C=O) groups is 3. The number of barbiturate groups is 1. The number of nitrogens with one attached hydrogen (secondary N) is 1. The maximum Gasteiger partial charge on any atom is 0.335 e. The van der Waals surface area contributed by atoms with Gasteiger partial charge in [0.15, 0.2) is 0 Å². The van der Waals surface area contributed by atoms with Crippen molar-refractivity contribution in [1.29, 1.82) is 0 Å². The van der Waals surface area contributed by atoms with Crippen molar-refractivity contribution in [2.24, 2.45) is 0 Å². The van der Waals surface area contributed by atoms with E-state index in [-0.39, 0.29) is 27.8 Å². The fourth-order valence-electron chi connectivity index (χ4n) is 2.69. The largest absolute Gasteiger partial charge is 0.508 e. The first-order chi connectivity index (χ1) is 13.8. The first kappa shape index (κ1) is 20.7. The van der Waals surface area contributed by atoms with E-state index in [0.717, 1.165) is 11.3 Å². The monoisotopic (exact) mass is 434 g/mol. The number of ether oxygens (including phenoxy) is 1. The van der Waals surface area contributed by atoms with Crippen molar-refractivity contribution in [3.8, 4) is 11.5 Å². The number of halogens is 2. The van der Waals surface area contributed by atoms with Crippen molar-refractivity contribution in [2.45, 2.75) is 13.3 Å². The molecule has 0 radical (unpaired) electrons. The number of aromatic hydroxyl groups is 1. The molecule has 1 saturated heterocycles. The molecule has 150 valence electrons.